The number of nitrogens with one attached hydrogen (secondary N) is 1. The number of sulfonamides is 1. The predicted octanol–water partition coefficient (Wildman–Crippen LogP) is 3.33. The van der Waals surface area contributed by atoms with Crippen molar-refractivity contribution < 1.29 is 16.8 Å². The van der Waals surface area contributed by atoms with Crippen molar-refractivity contribution >= 4 is 25.7 Å². The van der Waals surface area contributed by atoms with Crippen LogP contribution < -0.4 is 4.72 Å². The zero-order valence-corrected chi connectivity index (χ0v) is 18.4. The molecule has 0 saturated carbocycles. The molecule has 0 aliphatic carbocycles. The van der Waals surface area contributed by atoms with E-state index in [0.29, 0.717) is 12.1 Å². The van der Waals surface area contributed by atoms with Gasteiger partial charge in [-0.25, -0.2) is 21.5 Å². The number of anilines is 1. The van der Waals surface area contributed by atoms with Gasteiger partial charge < -0.3 is 0 Å². The molecule has 0 bridgehead atoms. The highest BCUT2D eigenvalue weighted by Gasteiger charge is 2.32. The smallest absolute Gasteiger partial charge is 0.263 e. The van der Waals surface area contributed by atoms with Gasteiger partial charge >= 0.3 is 0 Å². The van der Waals surface area contributed by atoms with Gasteiger partial charge in [-0.1, -0.05) is 36.4 Å². The summed E-state index contributed by atoms with van der Waals surface area (Å²) < 4.78 is 54.2. The molecule has 3 aromatic rings. The number of benzene rings is 2. The van der Waals surface area contributed by atoms with Gasteiger partial charge in [0, 0.05) is 11.6 Å². The minimum Gasteiger partial charge on any atom is -0.264 e. The van der Waals surface area contributed by atoms with Crippen LogP contribution in [0.15, 0.2) is 59.5 Å². The van der Waals surface area contributed by atoms with Gasteiger partial charge in [0.05, 0.1) is 28.1 Å². The zero-order valence-electron chi connectivity index (χ0n) is 16.7. The molecule has 30 heavy (non-hydrogen) atoms. The molecule has 1 aliphatic rings. The summed E-state index contributed by atoms with van der Waals surface area (Å²) in [6.45, 7) is 3.77. The lowest BCUT2D eigenvalue weighted by molar-refractivity contribution is 0.507. The van der Waals surface area contributed by atoms with Crippen molar-refractivity contribution in [2.24, 2.45) is 0 Å². The number of hydrogen-bond acceptors (Lipinski definition) is 5. The summed E-state index contributed by atoms with van der Waals surface area (Å²) in [4.78, 5) is 0.152. The van der Waals surface area contributed by atoms with Crippen LogP contribution in [0.3, 0.4) is 0 Å². The molecule has 7 nitrogen and oxygen atoms in total. The Morgan fingerprint density at radius 2 is 1.77 bits per heavy atom. The molecule has 0 amide bonds. The summed E-state index contributed by atoms with van der Waals surface area (Å²) in [6, 6.07) is 15.6. The normalized spacial score (nSPS) is 18.4. The van der Waals surface area contributed by atoms with Crippen molar-refractivity contribution in [1.82, 2.24) is 9.78 Å². The van der Waals surface area contributed by atoms with E-state index in [2.05, 4.69) is 9.82 Å². The molecule has 158 valence electrons. The molecule has 9 heteroatoms. The first kappa shape index (κ1) is 20.6. The fraction of sp³-hybridized carbons (Fsp3) is 0.286. The van der Waals surface area contributed by atoms with Crippen molar-refractivity contribution in [3.8, 4) is 11.3 Å². The van der Waals surface area contributed by atoms with Crippen LogP contribution in [-0.4, -0.2) is 38.1 Å². The third kappa shape index (κ3) is 4.13. The molecule has 4 rings (SSSR count). The second-order valence-corrected chi connectivity index (χ2v) is 11.5. The SMILES string of the molecule is Cc1ccc(S(=O)(=O)Nc2cc(-c3ccccc3)nn2C2CCS(=O)(=O)C2)cc1C. The van der Waals surface area contributed by atoms with E-state index < -0.39 is 25.9 Å². The van der Waals surface area contributed by atoms with Gasteiger partial charge in [0.1, 0.15) is 5.82 Å². The monoisotopic (exact) mass is 445 g/mol. The van der Waals surface area contributed by atoms with Gasteiger partial charge in [0.15, 0.2) is 9.84 Å². The predicted molar refractivity (Wildman–Crippen MR) is 117 cm³/mol. The van der Waals surface area contributed by atoms with Gasteiger partial charge in [0.25, 0.3) is 10.0 Å². The van der Waals surface area contributed by atoms with Crippen LogP contribution in [0.1, 0.15) is 23.6 Å². The maximum atomic E-state index is 13.0. The standard InChI is InChI=1S/C21H23N3O4S2/c1-15-8-9-19(12-16(15)2)30(27,28)23-21-13-20(17-6-4-3-5-7-17)22-24(21)18-10-11-29(25,26)14-18/h3-9,12-13,18,23H,10-11,14H2,1-2H3. The molecule has 1 N–H and O–H groups in total. The van der Waals surface area contributed by atoms with Crippen LogP contribution in [0.4, 0.5) is 5.82 Å². The number of aryl methyl sites for hydroxylation is 2. The second-order valence-electron chi connectivity index (χ2n) is 7.63. The first-order chi connectivity index (χ1) is 14.1. The summed E-state index contributed by atoms with van der Waals surface area (Å²) in [6.07, 6.45) is 0.399. The third-order valence-electron chi connectivity index (χ3n) is 5.39. The molecule has 2 aromatic carbocycles. The van der Waals surface area contributed by atoms with Gasteiger partial charge in [0.2, 0.25) is 0 Å². The largest absolute Gasteiger partial charge is 0.264 e. The minimum atomic E-state index is -3.86. The third-order valence-corrected chi connectivity index (χ3v) is 8.49. The lowest BCUT2D eigenvalue weighted by Crippen LogP contribution is -2.20. The van der Waals surface area contributed by atoms with E-state index in [-0.39, 0.29) is 22.2 Å². The molecule has 1 atom stereocenters. The quantitative estimate of drug-likeness (QED) is 0.650. The summed E-state index contributed by atoms with van der Waals surface area (Å²) in [7, 11) is -7.02. The minimum absolute atomic E-state index is 0.0543. The number of hydrogen-bond donors (Lipinski definition) is 1. The molecule has 0 radical (unpaired) electrons. The van der Waals surface area contributed by atoms with E-state index in [1.807, 2.05) is 44.2 Å². The van der Waals surface area contributed by atoms with Gasteiger partial charge in [-0.2, -0.15) is 5.10 Å². The molecule has 1 aromatic heterocycles. The highest BCUT2D eigenvalue weighted by atomic mass is 32.2. The zero-order chi connectivity index (χ0) is 21.5. The summed E-state index contributed by atoms with van der Waals surface area (Å²) in [5.74, 6) is 0.275. The van der Waals surface area contributed by atoms with Crippen molar-refractivity contribution in [3.63, 3.8) is 0 Å². The first-order valence-electron chi connectivity index (χ1n) is 9.60. The maximum Gasteiger partial charge on any atom is 0.263 e. The molecule has 1 unspecified atom stereocenters. The molecule has 0 spiro atoms. The van der Waals surface area contributed by atoms with E-state index in [1.54, 1.807) is 24.3 Å². The number of aromatic nitrogens is 2. The Labute approximate surface area is 176 Å². The molecule has 2 heterocycles. The Morgan fingerprint density at radius 3 is 2.40 bits per heavy atom. The van der Waals surface area contributed by atoms with E-state index >= 15 is 0 Å². The van der Waals surface area contributed by atoms with Crippen molar-refractivity contribution in [2.45, 2.75) is 31.2 Å². The number of sulfone groups is 1. The van der Waals surface area contributed by atoms with Gasteiger partial charge in [-0.3, -0.25) is 4.72 Å². The highest BCUT2D eigenvalue weighted by molar-refractivity contribution is 7.92. The van der Waals surface area contributed by atoms with Crippen molar-refractivity contribution in [2.75, 3.05) is 16.2 Å². The molecular weight excluding hydrogens is 422 g/mol. The Balaban J connectivity index is 1.75. The van der Waals surface area contributed by atoms with Crippen LogP contribution in [0.25, 0.3) is 11.3 Å². The van der Waals surface area contributed by atoms with E-state index in [1.165, 1.54) is 4.68 Å². The van der Waals surface area contributed by atoms with E-state index in [4.69, 9.17) is 0 Å². The Morgan fingerprint density at radius 1 is 1.03 bits per heavy atom. The fourth-order valence-electron chi connectivity index (χ4n) is 3.54. The number of nitrogens with zero attached hydrogens (tertiary/aromatic N) is 2. The average Bonchev–Trinajstić information content (AvgIpc) is 3.27. The summed E-state index contributed by atoms with van der Waals surface area (Å²) in [5.41, 5.74) is 3.28. The second kappa shape index (κ2) is 7.55. The van der Waals surface area contributed by atoms with E-state index in [0.717, 1.165) is 16.7 Å². The van der Waals surface area contributed by atoms with Crippen LogP contribution in [0.5, 0.6) is 0 Å². The lowest BCUT2D eigenvalue weighted by atomic mass is 10.1. The van der Waals surface area contributed by atoms with Crippen LogP contribution in [-0.2, 0) is 19.9 Å². The van der Waals surface area contributed by atoms with Crippen LogP contribution >= 0.6 is 0 Å². The van der Waals surface area contributed by atoms with Gasteiger partial charge in [-0.05, 0) is 43.5 Å². The fourth-order valence-corrected chi connectivity index (χ4v) is 6.36. The Bertz CT molecular complexity index is 1300. The van der Waals surface area contributed by atoms with E-state index in [9.17, 15) is 16.8 Å². The number of rotatable bonds is 5. The highest BCUT2D eigenvalue weighted by Crippen LogP contribution is 2.31. The van der Waals surface area contributed by atoms with Gasteiger partial charge in [-0.15, -0.1) is 0 Å². The lowest BCUT2D eigenvalue weighted by Gasteiger charge is -2.15. The summed E-state index contributed by atoms with van der Waals surface area (Å²) >= 11 is 0. The van der Waals surface area contributed by atoms with Crippen LogP contribution in [0.2, 0.25) is 0 Å². The molecule has 1 fully saturated rings. The molecular formula is C21H23N3O4S2. The molecule has 1 saturated heterocycles. The van der Waals surface area contributed by atoms with Crippen LogP contribution in [0, 0.1) is 13.8 Å². The Hall–Kier alpha value is -2.65. The van der Waals surface area contributed by atoms with Crippen molar-refractivity contribution in [1.29, 1.82) is 0 Å². The topological polar surface area (TPSA) is 98.1 Å². The first-order valence-corrected chi connectivity index (χ1v) is 12.9. The maximum absolute atomic E-state index is 13.0. The Kier molecular flexibility index (Phi) is 5.19. The summed E-state index contributed by atoms with van der Waals surface area (Å²) in [5, 5.41) is 4.56. The molecule has 1 aliphatic heterocycles. The van der Waals surface area contributed by atoms with Crippen molar-refractivity contribution in [3.05, 3.63) is 65.7 Å². The average molecular weight is 446 g/mol.